The molecule has 0 unspecified atom stereocenters. The Balaban J connectivity index is 2.21. The van der Waals surface area contributed by atoms with Gasteiger partial charge in [-0.05, 0) is 43.5 Å². The number of primary amides is 1. The van der Waals surface area contributed by atoms with E-state index in [1.807, 2.05) is 12.1 Å². The van der Waals surface area contributed by atoms with Crippen LogP contribution in [-0.4, -0.2) is 19.1 Å². The van der Waals surface area contributed by atoms with Gasteiger partial charge in [0, 0.05) is 12.2 Å². The van der Waals surface area contributed by atoms with Crippen LogP contribution in [0.25, 0.3) is 0 Å². The molecule has 0 saturated carbocycles. The van der Waals surface area contributed by atoms with Gasteiger partial charge in [-0.25, -0.2) is 0 Å². The van der Waals surface area contributed by atoms with Crippen molar-refractivity contribution in [2.24, 2.45) is 11.5 Å². The van der Waals surface area contributed by atoms with E-state index in [0.717, 1.165) is 38.0 Å². The molecule has 0 aliphatic heterocycles. The van der Waals surface area contributed by atoms with E-state index in [-0.39, 0.29) is 0 Å². The smallest absolute Gasteiger partial charge is 0.248 e. The van der Waals surface area contributed by atoms with Crippen LogP contribution in [0, 0.1) is 0 Å². The van der Waals surface area contributed by atoms with Crippen LogP contribution >= 0.6 is 0 Å². The van der Waals surface area contributed by atoms with Gasteiger partial charge in [-0.15, -0.1) is 0 Å². The highest BCUT2D eigenvalue weighted by molar-refractivity contribution is 5.92. The van der Waals surface area contributed by atoms with Crippen LogP contribution in [0.15, 0.2) is 24.3 Å². The molecule has 1 amide bonds. The number of hydrogen-bond donors (Lipinski definition) is 2. The normalized spacial score (nSPS) is 10.4. The Kier molecular flexibility index (Phi) is 6.29. The van der Waals surface area contributed by atoms with E-state index < -0.39 is 5.91 Å². The zero-order chi connectivity index (χ0) is 12.5. The van der Waals surface area contributed by atoms with Gasteiger partial charge >= 0.3 is 0 Å². The zero-order valence-electron chi connectivity index (χ0n) is 10.0. The summed E-state index contributed by atoms with van der Waals surface area (Å²) in [5.41, 5.74) is 12.1. The molecule has 1 aromatic carbocycles. The minimum Gasteiger partial charge on any atom is -0.377 e. The predicted octanol–water partition coefficient (Wildman–Crippen LogP) is 1.43. The predicted molar refractivity (Wildman–Crippen MR) is 67.5 cm³/mol. The van der Waals surface area contributed by atoms with Crippen LogP contribution in [-0.2, 0) is 11.3 Å². The highest BCUT2D eigenvalue weighted by Gasteiger charge is 1.99. The number of amides is 1. The highest BCUT2D eigenvalue weighted by Crippen LogP contribution is 2.06. The van der Waals surface area contributed by atoms with Gasteiger partial charge in [-0.2, -0.15) is 0 Å². The molecule has 0 fully saturated rings. The summed E-state index contributed by atoms with van der Waals surface area (Å²) in [6.07, 6.45) is 3.20. The van der Waals surface area contributed by atoms with Crippen molar-refractivity contribution >= 4 is 5.91 Å². The highest BCUT2D eigenvalue weighted by atomic mass is 16.5. The lowest BCUT2D eigenvalue weighted by Gasteiger charge is -2.04. The molecule has 0 heterocycles. The van der Waals surface area contributed by atoms with Crippen molar-refractivity contribution in [2.75, 3.05) is 13.2 Å². The summed E-state index contributed by atoms with van der Waals surface area (Å²) in [6.45, 7) is 2.06. The van der Waals surface area contributed by atoms with Crippen molar-refractivity contribution in [3.05, 3.63) is 35.4 Å². The molecule has 4 heteroatoms. The van der Waals surface area contributed by atoms with Gasteiger partial charge in [-0.3, -0.25) is 4.79 Å². The van der Waals surface area contributed by atoms with Crippen LogP contribution in [0.4, 0.5) is 0 Å². The fourth-order valence-electron chi connectivity index (χ4n) is 1.48. The maximum Gasteiger partial charge on any atom is 0.248 e. The number of carbonyl (C=O) groups is 1. The summed E-state index contributed by atoms with van der Waals surface area (Å²) < 4.78 is 5.51. The minimum atomic E-state index is -0.403. The molecule has 0 aliphatic rings. The number of hydrogen-bond acceptors (Lipinski definition) is 3. The zero-order valence-corrected chi connectivity index (χ0v) is 10.0. The Bertz CT molecular complexity index is 336. The molecule has 0 radical (unpaired) electrons. The van der Waals surface area contributed by atoms with E-state index in [0.29, 0.717) is 12.2 Å². The van der Waals surface area contributed by atoms with Gasteiger partial charge in [0.05, 0.1) is 6.61 Å². The minimum absolute atomic E-state index is 0.403. The molecule has 1 rings (SSSR count). The average molecular weight is 236 g/mol. The fraction of sp³-hybridized carbons (Fsp3) is 0.462. The number of benzene rings is 1. The third kappa shape index (κ3) is 5.47. The van der Waals surface area contributed by atoms with Crippen LogP contribution in [0.2, 0.25) is 0 Å². The first kappa shape index (κ1) is 13.7. The lowest BCUT2D eigenvalue weighted by atomic mass is 10.1. The first-order chi connectivity index (χ1) is 8.24. The van der Waals surface area contributed by atoms with E-state index >= 15 is 0 Å². The fourth-order valence-corrected chi connectivity index (χ4v) is 1.48. The van der Waals surface area contributed by atoms with Crippen molar-refractivity contribution in [2.45, 2.75) is 25.9 Å². The van der Waals surface area contributed by atoms with Gasteiger partial charge in [0.15, 0.2) is 0 Å². The summed E-state index contributed by atoms with van der Waals surface area (Å²) in [7, 11) is 0. The molecule has 4 N–H and O–H groups in total. The Labute approximate surface area is 102 Å². The summed E-state index contributed by atoms with van der Waals surface area (Å²) in [5.74, 6) is -0.403. The summed E-state index contributed by atoms with van der Waals surface area (Å²) in [4.78, 5) is 10.9. The standard InChI is InChI=1S/C13H20N2O2/c14-8-2-1-3-9-17-10-11-4-6-12(7-5-11)13(15)16/h4-7H,1-3,8-10,14H2,(H2,15,16). The molecule has 0 atom stereocenters. The van der Waals surface area contributed by atoms with Gasteiger partial charge in [-0.1, -0.05) is 12.1 Å². The van der Waals surface area contributed by atoms with Crippen molar-refractivity contribution in [1.29, 1.82) is 0 Å². The molecule has 0 spiro atoms. The Morgan fingerprint density at radius 1 is 1.12 bits per heavy atom. The maximum absolute atomic E-state index is 10.9. The van der Waals surface area contributed by atoms with E-state index in [2.05, 4.69) is 0 Å². The van der Waals surface area contributed by atoms with Crippen molar-refractivity contribution < 1.29 is 9.53 Å². The second-order valence-corrected chi connectivity index (χ2v) is 3.96. The van der Waals surface area contributed by atoms with Gasteiger partial charge in [0.2, 0.25) is 5.91 Å². The van der Waals surface area contributed by atoms with E-state index in [9.17, 15) is 4.79 Å². The van der Waals surface area contributed by atoms with Gasteiger partial charge in [0.25, 0.3) is 0 Å². The van der Waals surface area contributed by atoms with Crippen LogP contribution in [0.1, 0.15) is 35.2 Å². The Morgan fingerprint density at radius 3 is 2.41 bits per heavy atom. The Hall–Kier alpha value is -1.39. The number of carbonyl (C=O) groups excluding carboxylic acids is 1. The van der Waals surface area contributed by atoms with Gasteiger partial charge in [0.1, 0.15) is 0 Å². The second kappa shape index (κ2) is 7.81. The number of unbranched alkanes of at least 4 members (excludes halogenated alkanes) is 2. The molecular formula is C13H20N2O2. The molecule has 0 aliphatic carbocycles. The molecule has 0 saturated heterocycles. The van der Waals surface area contributed by atoms with E-state index in [4.69, 9.17) is 16.2 Å². The summed E-state index contributed by atoms with van der Waals surface area (Å²) >= 11 is 0. The van der Waals surface area contributed by atoms with Crippen molar-refractivity contribution in [3.63, 3.8) is 0 Å². The molecule has 0 aromatic heterocycles. The molecule has 17 heavy (non-hydrogen) atoms. The quantitative estimate of drug-likeness (QED) is 0.670. The number of ether oxygens (including phenoxy) is 1. The van der Waals surface area contributed by atoms with Crippen LogP contribution < -0.4 is 11.5 Å². The third-order valence-electron chi connectivity index (χ3n) is 2.50. The van der Waals surface area contributed by atoms with Crippen LogP contribution in [0.5, 0.6) is 0 Å². The SMILES string of the molecule is NCCCCCOCc1ccc(C(N)=O)cc1. The Morgan fingerprint density at radius 2 is 1.82 bits per heavy atom. The largest absolute Gasteiger partial charge is 0.377 e. The number of nitrogens with two attached hydrogens (primary N) is 2. The molecular weight excluding hydrogens is 216 g/mol. The lowest BCUT2D eigenvalue weighted by molar-refractivity contribution is 0.0999. The molecule has 4 nitrogen and oxygen atoms in total. The van der Waals surface area contributed by atoms with Crippen LogP contribution in [0.3, 0.4) is 0 Å². The lowest BCUT2D eigenvalue weighted by Crippen LogP contribution is -2.10. The maximum atomic E-state index is 10.9. The summed E-state index contributed by atoms with van der Waals surface area (Å²) in [6, 6.07) is 7.16. The van der Waals surface area contributed by atoms with Crippen molar-refractivity contribution in [1.82, 2.24) is 0 Å². The first-order valence-corrected chi connectivity index (χ1v) is 5.90. The average Bonchev–Trinajstić information content (AvgIpc) is 2.34. The third-order valence-corrected chi connectivity index (χ3v) is 2.50. The molecule has 0 bridgehead atoms. The monoisotopic (exact) mass is 236 g/mol. The van der Waals surface area contributed by atoms with Gasteiger partial charge < -0.3 is 16.2 Å². The first-order valence-electron chi connectivity index (χ1n) is 5.90. The van der Waals surface area contributed by atoms with E-state index in [1.165, 1.54) is 0 Å². The molecule has 94 valence electrons. The molecule has 1 aromatic rings. The van der Waals surface area contributed by atoms with E-state index in [1.54, 1.807) is 12.1 Å². The number of rotatable bonds is 8. The summed E-state index contributed by atoms with van der Waals surface area (Å²) in [5, 5.41) is 0. The van der Waals surface area contributed by atoms with Crippen molar-refractivity contribution in [3.8, 4) is 0 Å². The topological polar surface area (TPSA) is 78.3 Å². The second-order valence-electron chi connectivity index (χ2n) is 3.96.